The van der Waals surface area contributed by atoms with Gasteiger partial charge in [0.1, 0.15) is 0 Å². The second kappa shape index (κ2) is 4.47. The standard InChI is InChI=1S/C13H24N2OS/c1-8(2)13(9(3)4)7-17-11-6-5-10(14)12(16)15(11)13/h8-11H,5-7,14H2,1-4H3. The topological polar surface area (TPSA) is 46.3 Å². The van der Waals surface area contributed by atoms with E-state index < -0.39 is 0 Å². The molecule has 2 unspecified atom stereocenters. The summed E-state index contributed by atoms with van der Waals surface area (Å²) in [6, 6.07) is -0.276. The third kappa shape index (κ3) is 1.80. The zero-order valence-electron chi connectivity index (χ0n) is 11.3. The van der Waals surface area contributed by atoms with Crippen LogP contribution in [0, 0.1) is 11.8 Å². The molecule has 0 spiro atoms. The van der Waals surface area contributed by atoms with Crippen molar-refractivity contribution in [2.24, 2.45) is 17.6 Å². The predicted molar refractivity (Wildman–Crippen MR) is 72.7 cm³/mol. The first-order valence-corrected chi connectivity index (χ1v) is 7.66. The SMILES string of the molecule is CC(C)C1(C(C)C)CSC2CCC(N)C(=O)N21. The van der Waals surface area contributed by atoms with Gasteiger partial charge in [0.25, 0.3) is 0 Å². The second-order valence-electron chi connectivity index (χ2n) is 5.96. The normalized spacial score (nSPS) is 32.4. The van der Waals surface area contributed by atoms with Gasteiger partial charge in [0.15, 0.2) is 0 Å². The number of nitrogens with two attached hydrogens (primary N) is 1. The minimum atomic E-state index is -0.276. The van der Waals surface area contributed by atoms with Gasteiger partial charge in [0.05, 0.1) is 17.0 Å². The molecule has 2 N–H and O–H groups in total. The highest BCUT2D eigenvalue weighted by molar-refractivity contribution is 8.00. The van der Waals surface area contributed by atoms with Crippen molar-refractivity contribution in [3.8, 4) is 0 Å². The molecule has 2 rings (SSSR count). The van der Waals surface area contributed by atoms with Gasteiger partial charge in [0.2, 0.25) is 5.91 Å². The van der Waals surface area contributed by atoms with Crippen LogP contribution in [0.25, 0.3) is 0 Å². The summed E-state index contributed by atoms with van der Waals surface area (Å²) in [5.74, 6) is 2.20. The molecule has 0 radical (unpaired) electrons. The Morgan fingerprint density at radius 3 is 2.41 bits per heavy atom. The van der Waals surface area contributed by atoms with E-state index in [1.54, 1.807) is 0 Å². The fourth-order valence-corrected chi connectivity index (χ4v) is 5.40. The summed E-state index contributed by atoms with van der Waals surface area (Å²) < 4.78 is 0. The smallest absolute Gasteiger partial charge is 0.240 e. The summed E-state index contributed by atoms with van der Waals surface area (Å²) in [7, 11) is 0. The van der Waals surface area contributed by atoms with Crippen LogP contribution in [-0.4, -0.2) is 33.5 Å². The first-order valence-electron chi connectivity index (χ1n) is 6.61. The third-order valence-electron chi connectivity index (χ3n) is 4.52. The van der Waals surface area contributed by atoms with Gasteiger partial charge in [-0.2, -0.15) is 0 Å². The summed E-state index contributed by atoms with van der Waals surface area (Å²) in [5.41, 5.74) is 5.96. The van der Waals surface area contributed by atoms with Crippen LogP contribution in [0.1, 0.15) is 40.5 Å². The molecule has 2 saturated heterocycles. The predicted octanol–water partition coefficient (Wildman–Crippen LogP) is 2.06. The number of nitrogens with zero attached hydrogens (tertiary/aromatic N) is 1. The van der Waals surface area contributed by atoms with E-state index in [9.17, 15) is 4.79 Å². The lowest BCUT2D eigenvalue weighted by atomic mass is 9.76. The molecule has 0 aromatic heterocycles. The first-order chi connectivity index (χ1) is 7.91. The average Bonchev–Trinajstić information content (AvgIpc) is 2.64. The van der Waals surface area contributed by atoms with Gasteiger partial charge < -0.3 is 10.6 Å². The van der Waals surface area contributed by atoms with Gasteiger partial charge in [-0.15, -0.1) is 11.8 Å². The van der Waals surface area contributed by atoms with Crippen LogP contribution < -0.4 is 5.73 Å². The van der Waals surface area contributed by atoms with Gasteiger partial charge in [0, 0.05) is 5.75 Å². The Bertz CT molecular complexity index is 309. The Morgan fingerprint density at radius 1 is 1.29 bits per heavy atom. The number of amides is 1. The number of piperidine rings is 1. The molecule has 17 heavy (non-hydrogen) atoms. The van der Waals surface area contributed by atoms with E-state index in [2.05, 4.69) is 32.6 Å². The van der Waals surface area contributed by atoms with Gasteiger partial charge in [-0.05, 0) is 24.7 Å². The van der Waals surface area contributed by atoms with Crippen LogP contribution in [-0.2, 0) is 4.79 Å². The average molecular weight is 256 g/mol. The van der Waals surface area contributed by atoms with Gasteiger partial charge in [-0.25, -0.2) is 0 Å². The quantitative estimate of drug-likeness (QED) is 0.822. The molecule has 98 valence electrons. The monoisotopic (exact) mass is 256 g/mol. The van der Waals surface area contributed by atoms with Crippen molar-refractivity contribution >= 4 is 17.7 Å². The summed E-state index contributed by atoms with van der Waals surface area (Å²) in [6.07, 6.45) is 1.90. The van der Waals surface area contributed by atoms with Crippen LogP contribution in [0.3, 0.4) is 0 Å². The van der Waals surface area contributed by atoms with Crippen molar-refractivity contribution in [3.63, 3.8) is 0 Å². The van der Waals surface area contributed by atoms with Gasteiger partial charge in [-0.3, -0.25) is 4.79 Å². The summed E-state index contributed by atoms with van der Waals surface area (Å²) in [4.78, 5) is 14.6. The van der Waals surface area contributed by atoms with E-state index >= 15 is 0 Å². The lowest BCUT2D eigenvalue weighted by Gasteiger charge is -2.49. The molecule has 2 heterocycles. The Hall–Kier alpha value is -0.220. The van der Waals surface area contributed by atoms with E-state index in [1.165, 1.54) is 0 Å². The molecule has 4 heteroatoms. The van der Waals surface area contributed by atoms with Crippen molar-refractivity contribution < 1.29 is 4.79 Å². The molecule has 2 atom stereocenters. The Morgan fingerprint density at radius 2 is 1.88 bits per heavy atom. The first kappa shape index (κ1) is 13.2. The molecule has 0 aromatic carbocycles. The van der Waals surface area contributed by atoms with Crippen molar-refractivity contribution in [3.05, 3.63) is 0 Å². The molecule has 2 aliphatic rings. The lowest BCUT2D eigenvalue weighted by Crippen LogP contribution is -2.63. The molecular formula is C13H24N2OS. The molecule has 3 nitrogen and oxygen atoms in total. The van der Waals surface area contributed by atoms with Gasteiger partial charge >= 0.3 is 0 Å². The van der Waals surface area contributed by atoms with E-state index in [-0.39, 0.29) is 17.5 Å². The number of thioether (sulfide) groups is 1. The van der Waals surface area contributed by atoms with E-state index in [0.29, 0.717) is 17.2 Å². The maximum Gasteiger partial charge on any atom is 0.240 e. The van der Waals surface area contributed by atoms with Gasteiger partial charge in [-0.1, -0.05) is 27.7 Å². The molecule has 0 bridgehead atoms. The highest BCUT2D eigenvalue weighted by Gasteiger charge is 2.55. The summed E-state index contributed by atoms with van der Waals surface area (Å²) >= 11 is 1.95. The third-order valence-corrected chi connectivity index (χ3v) is 5.98. The molecule has 0 saturated carbocycles. The largest absolute Gasteiger partial charge is 0.322 e. The van der Waals surface area contributed by atoms with Crippen LogP contribution >= 0.6 is 11.8 Å². The molecule has 2 aliphatic heterocycles. The van der Waals surface area contributed by atoms with Crippen molar-refractivity contribution in [1.29, 1.82) is 0 Å². The molecule has 1 amide bonds. The highest BCUT2D eigenvalue weighted by atomic mass is 32.2. The Balaban J connectivity index is 2.38. The number of carbonyl (C=O) groups is 1. The van der Waals surface area contributed by atoms with Crippen molar-refractivity contribution in [2.45, 2.75) is 57.5 Å². The second-order valence-corrected chi connectivity index (χ2v) is 7.12. The van der Waals surface area contributed by atoms with Crippen LogP contribution in [0.5, 0.6) is 0 Å². The zero-order chi connectivity index (χ0) is 12.8. The molecular weight excluding hydrogens is 232 g/mol. The maximum absolute atomic E-state index is 12.4. The lowest BCUT2D eigenvalue weighted by molar-refractivity contribution is -0.145. The molecule has 0 aliphatic carbocycles. The van der Waals surface area contributed by atoms with Crippen LogP contribution in [0.2, 0.25) is 0 Å². The number of hydrogen-bond donors (Lipinski definition) is 1. The minimum absolute atomic E-state index is 0.00442. The van der Waals surface area contributed by atoms with E-state index in [4.69, 9.17) is 5.73 Å². The zero-order valence-corrected chi connectivity index (χ0v) is 12.1. The number of fused-ring (bicyclic) bond motifs is 1. The molecule has 0 aromatic rings. The number of rotatable bonds is 2. The summed E-state index contributed by atoms with van der Waals surface area (Å²) in [5, 5.41) is 0.368. The fraction of sp³-hybridized carbons (Fsp3) is 0.923. The van der Waals surface area contributed by atoms with Crippen molar-refractivity contribution in [2.75, 3.05) is 5.75 Å². The van der Waals surface area contributed by atoms with E-state index in [1.807, 2.05) is 11.8 Å². The van der Waals surface area contributed by atoms with Crippen LogP contribution in [0.15, 0.2) is 0 Å². The summed E-state index contributed by atoms with van der Waals surface area (Å²) in [6.45, 7) is 8.93. The Kier molecular flexibility index (Phi) is 3.47. The maximum atomic E-state index is 12.4. The molecule has 2 fully saturated rings. The van der Waals surface area contributed by atoms with Crippen LogP contribution in [0.4, 0.5) is 0 Å². The van der Waals surface area contributed by atoms with Crippen molar-refractivity contribution in [1.82, 2.24) is 4.90 Å². The highest BCUT2D eigenvalue weighted by Crippen LogP contribution is 2.49. The number of carbonyl (C=O) groups excluding carboxylic acids is 1. The van der Waals surface area contributed by atoms with E-state index in [0.717, 1.165) is 18.6 Å². The number of hydrogen-bond acceptors (Lipinski definition) is 3. The fourth-order valence-electron chi connectivity index (χ4n) is 3.38. The Labute approximate surface area is 108 Å². The minimum Gasteiger partial charge on any atom is -0.322 e.